The predicted octanol–water partition coefficient (Wildman–Crippen LogP) is 0.392. The zero-order chi connectivity index (χ0) is 7.90. The van der Waals surface area contributed by atoms with Crippen LogP contribution in [0.1, 0.15) is 12.8 Å². The van der Waals surface area contributed by atoms with Crippen molar-refractivity contribution in [2.24, 2.45) is 0 Å². The summed E-state index contributed by atoms with van der Waals surface area (Å²) >= 11 is 0. The van der Waals surface area contributed by atoms with Gasteiger partial charge in [-0.05, 0) is 26.4 Å². The molecule has 2 fully saturated rings. The van der Waals surface area contributed by atoms with Crippen molar-refractivity contribution < 1.29 is 4.39 Å². The maximum atomic E-state index is 12.9. The van der Waals surface area contributed by atoms with Crippen LogP contribution in [0.2, 0.25) is 0 Å². The molecule has 2 saturated heterocycles. The fourth-order valence-corrected chi connectivity index (χ4v) is 2.29. The minimum Gasteiger partial charge on any atom is -0.307 e. The molecule has 3 heteroatoms. The van der Waals surface area contributed by atoms with Gasteiger partial charge in [-0.3, -0.25) is 0 Å². The van der Waals surface area contributed by atoms with Crippen molar-refractivity contribution in [1.29, 1.82) is 0 Å². The molecule has 2 aliphatic heterocycles. The summed E-state index contributed by atoms with van der Waals surface area (Å²) in [5.74, 6) is 0. The number of hydrogen-bond acceptors (Lipinski definition) is 2. The van der Waals surface area contributed by atoms with Gasteiger partial charge in [0.1, 0.15) is 6.17 Å². The molecule has 0 amide bonds. The fourth-order valence-electron chi connectivity index (χ4n) is 2.29. The van der Waals surface area contributed by atoms with E-state index in [4.69, 9.17) is 0 Å². The zero-order valence-electron chi connectivity index (χ0n) is 6.94. The molecule has 2 aliphatic rings. The lowest BCUT2D eigenvalue weighted by molar-refractivity contribution is 0.309. The van der Waals surface area contributed by atoms with Crippen molar-refractivity contribution in [1.82, 2.24) is 10.2 Å². The summed E-state index contributed by atoms with van der Waals surface area (Å²) in [7, 11) is 2.10. The lowest BCUT2D eigenvalue weighted by Gasteiger charge is -2.22. The number of likely N-dealkylation sites (tertiary alicyclic amines) is 1. The molecule has 2 rings (SSSR count). The highest BCUT2D eigenvalue weighted by Crippen LogP contribution is 2.30. The van der Waals surface area contributed by atoms with Crippen molar-refractivity contribution in [3.05, 3.63) is 0 Å². The van der Waals surface area contributed by atoms with Crippen molar-refractivity contribution in [2.75, 3.05) is 26.7 Å². The van der Waals surface area contributed by atoms with Gasteiger partial charge in [-0.25, -0.2) is 4.39 Å². The normalized spacial score (nSPS) is 45.8. The Balaban J connectivity index is 2.02. The number of nitrogens with zero attached hydrogens (tertiary/aromatic N) is 1. The molecule has 2 atom stereocenters. The summed E-state index contributed by atoms with van der Waals surface area (Å²) in [5.41, 5.74) is 0.133. The molecule has 0 aliphatic carbocycles. The molecule has 1 spiro atoms. The Bertz CT molecular complexity index is 142. The van der Waals surface area contributed by atoms with Gasteiger partial charge in [-0.2, -0.15) is 0 Å². The summed E-state index contributed by atoms with van der Waals surface area (Å²) in [6.07, 6.45) is 1.22. The fraction of sp³-hybridized carbons (Fsp3) is 1.00. The highest BCUT2D eigenvalue weighted by molar-refractivity contribution is 5.02. The van der Waals surface area contributed by atoms with Crippen LogP contribution in [0.4, 0.5) is 4.39 Å². The van der Waals surface area contributed by atoms with Gasteiger partial charge in [0.25, 0.3) is 0 Å². The molecule has 2 nitrogen and oxygen atoms in total. The lowest BCUT2D eigenvalue weighted by Crippen LogP contribution is -2.41. The van der Waals surface area contributed by atoms with Crippen LogP contribution >= 0.6 is 0 Å². The Labute approximate surface area is 66.8 Å². The predicted molar refractivity (Wildman–Crippen MR) is 42.4 cm³/mol. The number of rotatable bonds is 0. The first-order valence-corrected chi connectivity index (χ1v) is 4.28. The minimum atomic E-state index is -0.610. The van der Waals surface area contributed by atoms with Crippen LogP contribution in [0.3, 0.4) is 0 Å². The number of nitrogens with one attached hydrogen (secondary N) is 1. The molecule has 11 heavy (non-hydrogen) atoms. The van der Waals surface area contributed by atoms with Crippen LogP contribution < -0.4 is 5.32 Å². The third-order valence-electron chi connectivity index (χ3n) is 2.86. The molecule has 0 aromatic heterocycles. The molecular weight excluding hydrogens is 143 g/mol. The average molecular weight is 158 g/mol. The van der Waals surface area contributed by atoms with Crippen LogP contribution in [-0.2, 0) is 0 Å². The number of halogens is 1. The van der Waals surface area contributed by atoms with Crippen molar-refractivity contribution in [3.8, 4) is 0 Å². The Hall–Kier alpha value is -0.150. The van der Waals surface area contributed by atoms with Crippen molar-refractivity contribution >= 4 is 0 Å². The third-order valence-corrected chi connectivity index (χ3v) is 2.86. The van der Waals surface area contributed by atoms with E-state index < -0.39 is 6.17 Å². The lowest BCUT2D eigenvalue weighted by atomic mass is 9.96. The van der Waals surface area contributed by atoms with E-state index in [2.05, 4.69) is 17.3 Å². The SMILES string of the molecule is CN1CCC2(CC(F)CN2)C1. The molecule has 2 unspecified atom stereocenters. The Morgan fingerprint density at radius 3 is 2.91 bits per heavy atom. The van der Waals surface area contributed by atoms with E-state index >= 15 is 0 Å². The maximum absolute atomic E-state index is 12.9. The molecule has 0 aromatic rings. The van der Waals surface area contributed by atoms with Gasteiger partial charge in [0, 0.05) is 18.6 Å². The topological polar surface area (TPSA) is 15.3 Å². The summed E-state index contributed by atoms with van der Waals surface area (Å²) in [4.78, 5) is 2.27. The van der Waals surface area contributed by atoms with E-state index in [1.807, 2.05) is 0 Å². The smallest absolute Gasteiger partial charge is 0.114 e. The highest BCUT2D eigenvalue weighted by atomic mass is 19.1. The Kier molecular flexibility index (Phi) is 1.65. The van der Waals surface area contributed by atoms with E-state index in [0.717, 1.165) is 25.9 Å². The van der Waals surface area contributed by atoms with Crippen LogP contribution in [0, 0.1) is 0 Å². The Morgan fingerprint density at radius 1 is 1.64 bits per heavy atom. The summed E-state index contributed by atoms with van der Waals surface area (Å²) in [6, 6.07) is 0. The first kappa shape index (κ1) is 7.50. The number of alkyl halides is 1. The van der Waals surface area contributed by atoms with Crippen LogP contribution in [0.5, 0.6) is 0 Å². The first-order chi connectivity index (χ1) is 5.20. The Morgan fingerprint density at radius 2 is 2.45 bits per heavy atom. The van der Waals surface area contributed by atoms with Gasteiger partial charge in [-0.1, -0.05) is 0 Å². The van der Waals surface area contributed by atoms with Crippen LogP contribution in [-0.4, -0.2) is 43.3 Å². The quantitative estimate of drug-likeness (QED) is 0.548. The van der Waals surface area contributed by atoms with Crippen molar-refractivity contribution in [2.45, 2.75) is 24.6 Å². The standard InChI is InChI=1S/C8H15FN2/c1-11-3-2-8(6-11)4-7(9)5-10-8/h7,10H,2-6H2,1H3. The second-order valence-corrected chi connectivity index (χ2v) is 3.95. The second-order valence-electron chi connectivity index (χ2n) is 3.95. The molecule has 1 N–H and O–H groups in total. The van der Waals surface area contributed by atoms with E-state index in [9.17, 15) is 4.39 Å². The molecule has 0 bridgehead atoms. The molecule has 2 heterocycles. The molecule has 64 valence electrons. The molecule has 0 radical (unpaired) electrons. The van der Waals surface area contributed by atoms with Gasteiger partial charge >= 0.3 is 0 Å². The van der Waals surface area contributed by atoms with E-state index in [1.165, 1.54) is 0 Å². The second kappa shape index (κ2) is 2.42. The zero-order valence-corrected chi connectivity index (χ0v) is 6.94. The van der Waals surface area contributed by atoms with Gasteiger partial charge < -0.3 is 10.2 Å². The minimum absolute atomic E-state index is 0.133. The van der Waals surface area contributed by atoms with Crippen molar-refractivity contribution in [3.63, 3.8) is 0 Å². The number of hydrogen-bond donors (Lipinski definition) is 1. The average Bonchev–Trinajstić information content (AvgIpc) is 2.44. The van der Waals surface area contributed by atoms with E-state index in [-0.39, 0.29) is 5.54 Å². The maximum Gasteiger partial charge on any atom is 0.114 e. The van der Waals surface area contributed by atoms with E-state index in [0.29, 0.717) is 6.54 Å². The van der Waals surface area contributed by atoms with E-state index in [1.54, 1.807) is 0 Å². The van der Waals surface area contributed by atoms with Crippen LogP contribution in [0.15, 0.2) is 0 Å². The van der Waals surface area contributed by atoms with Gasteiger partial charge in [0.05, 0.1) is 0 Å². The summed E-state index contributed by atoms with van der Waals surface area (Å²) in [5, 5.41) is 3.30. The van der Waals surface area contributed by atoms with Gasteiger partial charge in [0.2, 0.25) is 0 Å². The number of likely N-dealkylation sites (N-methyl/N-ethyl adjacent to an activating group) is 1. The summed E-state index contributed by atoms with van der Waals surface area (Å²) in [6.45, 7) is 2.70. The largest absolute Gasteiger partial charge is 0.307 e. The first-order valence-electron chi connectivity index (χ1n) is 4.28. The monoisotopic (exact) mass is 158 g/mol. The molecule has 0 saturated carbocycles. The summed E-state index contributed by atoms with van der Waals surface area (Å²) < 4.78 is 12.9. The third kappa shape index (κ3) is 1.27. The van der Waals surface area contributed by atoms with Gasteiger partial charge in [-0.15, -0.1) is 0 Å². The van der Waals surface area contributed by atoms with Crippen LogP contribution in [0.25, 0.3) is 0 Å². The molecule has 0 aromatic carbocycles. The molecular formula is C8H15FN2. The van der Waals surface area contributed by atoms with Gasteiger partial charge in [0.15, 0.2) is 0 Å². The highest BCUT2D eigenvalue weighted by Gasteiger charge is 2.42.